The zero-order valence-electron chi connectivity index (χ0n) is 18.6. The molecule has 5 aliphatic rings. The quantitative estimate of drug-likeness (QED) is 0.289. The maximum Gasteiger partial charge on any atom is 0.308 e. The topological polar surface area (TPSA) is 180 Å². The van der Waals surface area contributed by atoms with Gasteiger partial charge in [-0.05, 0) is 13.8 Å². The number of ketones is 2. The molecule has 11 nitrogen and oxygen atoms in total. The Labute approximate surface area is 193 Å². The molecular weight excluding hydrogens is 452 g/mol. The third kappa shape index (κ3) is 2.67. The molecule has 0 aromatic heterocycles. The van der Waals surface area contributed by atoms with Gasteiger partial charge in [-0.2, -0.15) is 0 Å². The number of phenolic OH excluding ortho intramolecular Hbond substituents is 2. The fraction of sp³-hybridized carbons (Fsp3) is 0.522. The second-order valence-corrected chi connectivity index (χ2v) is 9.11. The van der Waals surface area contributed by atoms with E-state index in [1.807, 2.05) is 0 Å². The molecule has 11 heteroatoms. The summed E-state index contributed by atoms with van der Waals surface area (Å²) in [5.41, 5.74) is -4.17. The summed E-state index contributed by atoms with van der Waals surface area (Å²) >= 11 is 0. The van der Waals surface area contributed by atoms with Crippen molar-refractivity contribution in [1.29, 1.82) is 0 Å². The average Bonchev–Trinajstić information content (AvgIpc) is 2.77. The number of phenols is 2. The van der Waals surface area contributed by atoms with Gasteiger partial charge in [0.05, 0.1) is 55.2 Å². The number of aromatic hydroxyl groups is 2. The van der Waals surface area contributed by atoms with Gasteiger partial charge in [-0.25, -0.2) is 0 Å². The molecule has 1 aromatic carbocycles. The molecule has 3 aliphatic heterocycles. The molecule has 0 spiro atoms. The van der Waals surface area contributed by atoms with Crippen molar-refractivity contribution in [3.8, 4) is 11.5 Å². The molecule has 5 N–H and O–H groups in total. The Morgan fingerprint density at radius 1 is 1.06 bits per heavy atom. The lowest BCUT2D eigenvalue weighted by molar-refractivity contribution is -0.207. The van der Waals surface area contributed by atoms with Gasteiger partial charge in [-0.1, -0.05) is 0 Å². The number of carbonyl (C=O) groups excluding carboxylic acids is 3. The molecule has 7 atom stereocenters. The van der Waals surface area contributed by atoms with E-state index < -0.39 is 82.4 Å². The molecule has 0 saturated carbocycles. The van der Waals surface area contributed by atoms with Crippen LogP contribution in [0.5, 0.6) is 11.5 Å². The fourth-order valence-corrected chi connectivity index (χ4v) is 5.73. The number of methoxy groups -OCH3 is 1. The number of esters is 1. The van der Waals surface area contributed by atoms with Gasteiger partial charge in [0.15, 0.2) is 11.6 Å². The molecule has 1 fully saturated rings. The van der Waals surface area contributed by atoms with Crippen LogP contribution in [-0.2, 0) is 19.0 Å². The van der Waals surface area contributed by atoms with Gasteiger partial charge < -0.3 is 39.7 Å². The maximum atomic E-state index is 13.6. The number of carbonyl (C=O) groups is 3. The molecule has 1 unspecified atom stereocenters. The highest BCUT2D eigenvalue weighted by molar-refractivity contribution is 6.30. The maximum absolute atomic E-state index is 13.6. The molecule has 6 rings (SSSR count). The molecule has 34 heavy (non-hydrogen) atoms. The zero-order chi connectivity index (χ0) is 24.9. The van der Waals surface area contributed by atoms with Crippen molar-refractivity contribution in [2.45, 2.75) is 68.9 Å². The highest BCUT2D eigenvalue weighted by Crippen LogP contribution is 2.55. The van der Waals surface area contributed by atoms with E-state index in [0.29, 0.717) is 0 Å². The van der Waals surface area contributed by atoms with Crippen molar-refractivity contribution < 1.29 is 54.1 Å². The summed E-state index contributed by atoms with van der Waals surface area (Å²) in [7, 11) is 1.16. The van der Waals surface area contributed by atoms with Crippen LogP contribution in [0, 0.1) is 0 Å². The van der Waals surface area contributed by atoms with Crippen LogP contribution in [0.1, 0.15) is 70.7 Å². The van der Waals surface area contributed by atoms with E-state index in [9.17, 15) is 39.9 Å². The van der Waals surface area contributed by atoms with Crippen LogP contribution < -0.4 is 0 Å². The van der Waals surface area contributed by atoms with Crippen molar-refractivity contribution in [3.63, 3.8) is 0 Å². The van der Waals surface area contributed by atoms with E-state index >= 15 is 0 Å². The lowest BCUT2D eigenvalue weighted by Crippen LogP contribution is -2.66. The highest BCUT2D eigenvalue weighted by atomic mass is 16.5. The third-order valence-electron chi connectivity index (χ3n) is 7.40. The van der Waals surface area contributed by atoms with Gasteiger partial charge in [0.1, 0.15) is 23.2 Å². The van der Waals surface area contributed by atoms with Crippen LogP contribution >= 0.6 is 0 Å². The first-order valence-corrected chi connectivity index (χ1v) is 10.9. The first kappa shape index (κ1) is 22.9. The van der Waals surface area contributed by atoms with Crippen LogP contribution in [-0.4, -0.2) is 80.2 Å². The Morgan fingerprint density at radius 2 is 1.68 bits per heavy atom. The number of benzene rings is 1. The SMILES string of the molecule is COC(=O)C[C@@H]1O[C@@H](C)c2c(O)c3c(c(O)c2[C@@H]1O)C(=O)C1=C(C3=O)[C@]2(O)C(O)C[C@H]1O[C@@H]2C. The Morgan fingerprint density at radius 3 is 2.29 bits per heavy atom. The van der Waals surface area contributed by atoms with Crippen molar-refractivity contribution in [2.75, 3.05) is 7.11 Å². The Hall–Kier alpha value is -2.83. The molecule has 3 heterocycles. The van der Waals surface area contributed by atoms with Gasteiger partial charge >= 0.3 is 5.97 Å². The largest absolute Gasteiger partial charge is 0.507 e. The number of ether oxygens (including phenoxy) is 3. The van der Waals surface area contributed by atoms with Gasteiger partial charge in [0.25, 0.3) is 0 Å². The lowest BCUT2D eigenvalue weighted by Gasteiger charge is -2.52. The van der Waals surface area contributed by atoms with Crippen LogP contribution in [0.3, 0.4) is 0 Å². The zero-order valence-corrected chi connectivity index (χ0v) is 18.6. The van der Waals surface area contributed by atoms with E-state index in [1.54, 1.807) is 0 Å². The van der Waals surface area contributed by atoms with Crippen LogP contribution in [0.15, 0.2) is 11.1 Å². The number of hydrogen-bond acceptors (Lipinski definition) is 11. The number of fused-ring (bicyclic) bond motifs is 4. The highest BCUT2D eigenvalue weighted by Gasteiger charge is 2.62. The number of hydrogen-bond donors (Lipinski definition) is 5. The Balaban J connectivity index is 1.73. The summed E-state index contributed by atoms with van der Waals surface area (Å²) in [5, 5.41) is 54.9. The predicted molar refractivity (Wildman–Crippen MR) is 110 cm³/mol. The van der Waals surface area contributed by atoms with E-state index in [2.05, 4.69) is 4.74 Å². The summed E-state index contributed by atoms with van der Waals surface area (Å²) in [6, 6.07) is 0. The smallest absolute Gasteiger partial charge is 0.308 e. The first-order valence-electron chi connectivity index (χ1n) is 10.9. The normalized spacial score (nSPS) is 36.2. The van der Waals surface area contributed by atoms with E-state index in [4.69, 9.17) is 9.47 Å². The Kier molecular flexibility index (Phi) is 4.95. The van der Waals surface area contributed by atoms with Crippen molar-refractivity contribution >= 4 is 17.5 Å². The second-order valence-electron chi connectivity index (χ2n) is 9.11. The predicted octanol–water partition coefficient (Wildman–Crippen LogP) is 0.113. The first-order chi connectivity index (χ1) is 15.9. The van der Waals surface area contributed by atoms with Crippen LogP contribution in [0.4, 0.5) is 0 Å². The molecule has 0 amide bonds. The Bertz CT molecular complexity index is 1170. The number of rotatable bonds is 2. The summed E-state index contributed by atoms with van der Waals surface area (Å²) in [6.45, 7) is 2.94. The molecule has 2 bridgehead atoms. The van der Waals surface area contributed by atoms with E-state index in [1.165, 1.54) is 13.8 Å². The van der Waals surface area contributed by atoms with Crippen molar-refractivity contribution in [3.05, 3.63) is 33.4 Å². The van der Waals surface area contributed by atoms with Gasteiger partial charge in [-0.3, -0.25) is 14.4 Å². The molecule has 1 saturated heterocycles. The minimum absolute atomic E-state index is 0.118. The standard InChI is InChI=1S/C23H24O11/c1-6-12-14(18(26)9(33-6)5-11(25)32-3)21(29)15-16(19(12)27)22(30)17-13(20(15)28)8-4-10(24)23(17,31)7(2)34-8/h6-10,18,24,26-27,29,31H,4-5H2,1-3H3/t6-,7+,8+,9-,10?,18+,23+/m0/s1. The van der Waals surface area contributed by atoms with E-state index in [-0.39, 0.29) is 35.1 Å². The van der Waals surface area contributed by atoms with Crippen LogP contribution in [0.2, 0.25) is 0 Å². The second kappa shape index (κ2) is 7.33. The molecular formula is C23H24O11. The molecule has 2 aliphatic carbocycles. The summed E-state index contributed by atoms with van der Waals surface area (Å²) < 4.78 is 15.9. The van der Waals surface area contributed by atoms with Crippen molar-refractivity contribution in [1.82, 2.24) is 0 Å². The van der Waals surface area contributed by atoms with Crippen LogP contribution in [0.25, 0.3) is 0 Å². The molecule has 1 aromatic rings. The number of aliphatic hydroxyl groups excluding tert-OH is 2. The molecule has 0 radical (unpaired) electrons. The summed E-state index contributed by atoms with van der Waals surface area (Å²) in [4.78, 5) is 38.9. The summed E-state index contributed by atoms with van der Waals surface area (Å²) in [5.74, 6) is -3.90. The summed E-state index contributed by atoms with van der Waals surface area (Å²) in [6.07, 6.45) is -7.64. The van der Waals surface area contributed by atoms with Crippen molar-refractivity contribution in [2.24, 2.45) is 0 Å². The van der Waals surface area contributed by atoms with E-state index in [0.717, 1.165) is 7.11 Å². The minimum Gasteiger partial charge on any atom is -0.507 e. The van der Waals surface area contributed by atoms with Gasteiger partial charge in [0, 0.05) is 28.7 Å². The third-order valence-corrected chi connectivity index (χ3v) is 7.40. The lowest BCUT2D eigenvalue weighted by atomic mass is 9.63. The fourth-order valence-electron chi connectivity index (χ4n) is 5.73. The number of Topliss-reactive ketones (excluding diaryl/α,β-unsaturated/α-hetero) is 2. The van der Waals surface area contributed by atoms with Gasteiger partial charge in [0.2, 0.25) is 0 Å². The monoisotopic (exact) mass is 476 g/mol. The van der Waals surface area contributed by atoms with Gasteiger partial charge in [-0.15, -0.1) is 0 Å². The molecule has 182 valence electrons. The minimum atomic E-state index is -2.18. The number of aliphatic hydroxyl groups is 3. The average molecular weight is 476 g/mol.